The Morgan fingerprint density at radius 3 is 2.56 bits per heavy atom. The Balaban J connectivity index is 2.00. The number of rotatable bonds is 7. The molecule has 0 spiro atoms. The van der Waals surface area contributed by atoms with Crippen molar-refractivity contribution in [3.05, 3.63) is 59.5 Å². The first-order chi connectivity index (χ1) is 11.9. The van der Waals surface area contributed by atoms with Gasteiger partial charge in [-0.05, 0) is 31.5 Å². The molecule has 1 amide bonds. The number of amides is 1. The van der Waals surface area contributed by atoms with Gasteiger partial charge >= 0.3 is 0 Å². The average Bonchev–Trinajstić information content (AvgIpc) is 3.07. The van der Waals surface area contributed by atoms with Crippen LogP contribution in [-0.2, 0) is 12.1 Å². The van der Waals surface area contributed by atoms with Gasteiger partial charge in [0.2, 0.25) is 0 Å². The van der Waals surface area contributed by atoms with Crippen molar-refractivity contribution >= 4 is 11.9 Å². The maximum absolute atomic E-state index is 11.0. The lowest BCUT2D eigenvalue weighted by atomic mass is 9.96. The number of nitrogens with one attached hydrogen (secondary N) is 2. The van der Waals surface area contributed by atoms with Crippen molar-refractivity contribution in [2.24, 2.45) is 10.7 Å². The highest BCUT2D eigenvalue weighted by Crippen LogP contribution is 2.18. The van der Waals surface area contributed by atoms with Crippen LogP contribution in [0.15, 0.2) is 51.9 Å². The van der Waals surface area contributed by atoms with E-state index in [4.69, 9.17) is 10.2 Å². The molecular formula is C18H24N4O3. The minimum atomic E-state index is -1.04. The first-order valence-corrected chi connectivity index (χ1v) is 8.11. The highest BCUT2D eigenvalue weighted by Gasteiger charge is 2.22. The summed E-state index contributed by atoms with van der Waals surface area (Å²) in [6, 6.07) is 12.6. The van der Waals surface area contributed by atoms with Crippen molar-refractivity contribution in [2.75, 3.05) is 13.1 Å². The van der Waals surface area contributed by atoms with E-state index < -0.39 is 11.5 Å². The molecule has 5 N–H and O–H groups in total. The molecular weight excluding hydrogens is 320 g/mol. The number of guanidine groups is 1. The first kappa shape index (κ1) is 18.5. The zero-order valence-electron chi connectivity index (χ0n) is 14.5. The molecule has 0 bridgehead atoms. The molecule has 0 aliphatic carbocycles. The Morgan fingerprint density at radius 2 is 1.96 bits per heavy atom. The summed E-state index contributed by atoms with van der Waals surface area (Å²) in [5.41, 5.74) is 4.94. The van der Waals surface area contributed by atoms with Crippen molar-refractivity contribution in [1.29, 1.82) is 0 Å². The minimum absolute atomic E-state index is 0.107. The highest BCUT2D eigenvalue weighted by molar-refractivity contribution is 5.89. The molecule has 7 nitrogen and oxygen atoms in total. The lowest BCUT2D eigenvalue weighted by Gasteiger charge is -2.25. The fourth-order valence-corrected chi connectivity index (χ4v) is 2.25. The van der Waals surface area contributed by atoms with Crippen LogP contribution in [0, 0.1) is 0 Å². The number of aliphatic imine (C=N–C) groups is 1. The molecule has 1 unspecified atom stereocenters. The number of nitrogens with zero attached hydrogens (tertiary/aromatic N) is 1. The summed E-state index contributed by atoms with van der Waals surface area (Å²) in [5, 5.41) is 16.9. The van der Waals surface area contributed by atoms with Crippen LogP contribution < -0.4 is 16.4 Å². The van der Waals surface area contributed by atoms with Crippen LogP contribution in [0.3, 0.4) is 0 Å². The molecule has 0 aliphatic rings. The van der Waals surface area contributed by atoms with E-state index in [1.165, 1.54) is 6.07 Å². The number of carbonyl (C=O) groups is 1. The zero-order chi connectivity index (χ0) is 18.3. The molecule has 2 aromatic rings. The van der Waals surface area contributed by atoms with Crippen molar-refractivity contribution in [1.82, 2.24) is 10.6 Å². The predicted octanol–water partition coefficient (Wildman–Crippen LogP) is 1.34. The molecule has 1 aromatic heterocycles. The van der Waals surface area contributed by atoms with Crippen LogP contribution >= 0.6 is 0 Å². The van der Waals surface area contributed by atoms with E-state index in [1.54, 1.807) is 13.0 Å². The van der Waals surface area contributed by atoms with Crippen LogP contribution in [0.2, 0.25) is 0 Å². The number of nitrogens with two attached hydrogens (primary N) is 1. The van der Waals surface area contributed by atoms with Crippen molar-refractivity contribution in [2.45, 2.75) is 26.0 Å². The second kappa shape index (κ2) is 8.34. The Hall–Kier alpha value is -2.80. The van der Waals surface area contributed by atoms with Gasteiger partial charge in [0.1, 0.15) is 17.9 Å². The van der Waals surface area contributed by atoms with E-state index in [0.717, 1.165) is 5.56 Å². The van der Waals surface area contributed by atoms with Gasteiger partial charge in [-0.1, -0.05) is 30.3 Å². The maximum atomic E-state index is 11.0. The maximum Gasteiger partial charge on any atom is 0.284 e. The molecule has 0 aliphatic heterocycles. The van der Waals surface area contributed by atoms with Crippen molar-refractivity contribution in [3.63, 3.8) is 0 Å². The van der Waals surface area contributed by atoms with Gasteiger partial charge in [-0.3, -0.25) is 4.79 Å². The molecule has 7 heteroatoms. The third kappa shape index (κ3) is 5.36. The molecule has 0 fully saturated rings. The van der Waals surface area contributed by atoms with E-state index in [0.29, 0.717) is 18.3 Å². The monoisotopic (exact) mass is 344 g/mol. The van der Waals surface area contributed by atoms with Gasteiger partial charge < -0.3 is 25.9 Å². The molecule has 134 valence electrons. The summed E-state index contributed by atoms with van der Waals surface area (Å²) in [4.78, 5) is 15.4. The quantitative estimate of drug-likeness (QED) is 0.447. The van der Waals surface area contributed by atoms with E-state index in [-0.39, 0.29) is 18.8 Å². The van der Waals surface area contributed by atoms with Crippen LogP contribution in [-0.4, -0.2) is 30.1 Å². The molecule has 0 radical (unpaired) electrons. The topological polar surface area (TPSA) is 113 Å². The fraction of sp³-hybridized carbons (Fsp3) is 0.333. The molecule has 1 atom stereocenters. The zero-order valence-corrected chi connectivity index (χ0v) is 14.5. The fourth-order valence-electron chi connectivity index (χ4n) is 2.25. The van der Waals surface area contributed by atoms with Gasteiger partial charge in [0.25, 0.3) is 5.91 Å². The number of furan rings is 1. The second-order valence-corrected chi connectivity index (χ2v) is 5.82. The van der Waals surface area contributed by atoms with Crippen LogP contribution in [0.4, 0.5) is 0 Å². The number of hydrogen-bond donors (Lipinski definition) is 4. The van der Waals surface area contributed by atoms with Crippen molar-refractivity contribution in [3.8, 4) is 0 Å². The summed E-state index contributed by atoms with van der Waals surface area (Å²) in [5.74, 6) is 0.561. The minimum Gasteiger partial charge on any atom is -0.454 e. The summed E-state index contributed by atoms with van der Waals surface area (Å²) < 4.78 is 5.30. The van der Waals surface area contributed by atoms with Gasteiger partial charge in [0, 0.05) is 6.54 Å². The number of benzene rings is 1. The average molecular weight is 344 g/mol. The van der Waals surface area contributed by atoms with E-state index in [1.807, 2.05) is 37.3 Å². The number of primary amides is 1. The largest absolute Gasteiger partial charge is 0.454 e. The lowest BCUT2D eigenvalue weighted by molar-refractivity contribution is 0.0617. The van der Waals surface area contributed by atoms with E-state index in [9.17, 15) is 9.90 Å². The van der Waals surface area contributed by atoms with E-state index in [2.05, 4.69) is 15.6 Å². The molecule has 1 heterocycles. The number of carbonyl (C=O) groups excluding carboxylic acids is 1. The summed E-state index contributed by atoms with van der Waals surface area (Å²) in [7, 11) is 0. The first-order valence-electron chi connectivity index (χ1n) is 8.11. The molecule has 25 heavy (non-hydrogen) atoms. The molecule has 1 aromatic carbocycles. The lowest BCUT2D eigenvalue weighted by Crippen LogP contribution is -2.44. The highest BCUT2D eigenvalue weighted by atomic mass is 16.3. The number of aliphatic hydroxyl groups is 1. The molecule has 2 rings (SSSR count). The van der Waals surface area contributed by atoms with Gasteiger partial charge in [0.15, 0.2) is 11.7 Å². The van der Waals surface area contributed by atoms with Gasteiger partial charge in [0.05, 0.1) is 6.54 Å². The van der Waals surface area contributed by atoms with Gasteiger partial charge in [-0.15, -0.1) is 0 Å². The summed E-state index contributed by atoms with van der Waals surface area (Å²) >= 11 is 0. The second-order valence-electron chi connectivity index (χ2n) is 5.82. The van der Waals surface area contributed by atoms with Gasteiger partial charge in [-0.25, -0.2) is 4.99 Å². The van der Waals surface area contributed by atoms with Crippen molar-refractivity contribution < 1.29 is 14.3 Å². The normalized spacial score (nSPS) is 14.0. The van der Waals surface area contributed by atoms with Gasteiger partial charge in [-0.2, -0.15) is 0 Å². The van der Waals surface area contributed by atoms with Crippen LogP contribution in [0.1, 0.15) is 35.7 Å². The smallest absolute Gasteiger partial charge is 0.284 e. The Bertz CT molecular complexity index is 723. The third-order valence-corrected chi connectivity index (χ3v) is 3.64. The molecule has 0 saturated carbocycles. The Kier molecular flexibility index (Phi) is 6.19. The third-order valence-electron chi connectivity index (χ3n) is 3.64. The van der Waals surface area contributed by atoms with Crippen LogP contribution in [0.25, 0.3) is 0 Å². The van der Waals surface area contributed by atoms with E-state index >= 15 is 0 Å². The Labute approximate surface area is 146 Å². The standard InChI is InChI=1S/C18H24N4O3/c1-3-20-17(21-11-14-9-10-15(25-14)16(19)23)22-12-18(2,24)13-7-5-4-6-8-13/h4-10,24H,3,11-12H2,1-2H3,(H2,19,23)(H2,20,21,22). The summed E-state index contributed by atoms with van der Waals surface area (Å²) in [6.45, 7) is 4.89. The van der Waals surface area contributed by atoms with Crippen LogP contribution in [0.5, 0.6) is 0 Å². The molecule has 0 saturated heterocycles. The Morgan fingerprint density at radius 1 is 1.24 bits per heavy atom. The predicted molar refractivity (Wildman–Crippen MR) is 96.1 cm³/mol. The number of hydrogen-bond acceptors (Lipinski definition) is 4. The summed E-state index contributed by atoms with van der Waals surface area (Å²) in [6.07, 6.45) is 0. The SMILES string of the molecule is CCNC(=NCc1ccc(C(N)=O)o1)NCC(C)(O)c1ccccc1.